The molecule has 0 aliphatic carbocycles. The van der Waals surface area contributed by atoms with Crippen LogP contribution in [0.15, 0.2) is 48.9 Å². The SMILES string of the molecule is c1ccc2c(c1)ncn2-c1ccc(N2CCNCC2)nc1. The Balaban J connectivity index is 1.67. The third kappa shape index (κ3) is 2.25. The molecular weight excluding hydrogens is 262 g/mol. The first-order valence-corrected chi connectivity index (χ1v) is 7.26. The number of piperazine rings is 1. The molecule has 3 heterocycles. The number of imidazole rings is 1. The second-order valence-electron chi connectivity index (χ2n) is 5.21. The molecule has 1 aromatic carbocycles. The maximum Gasteiger partial charge on any atom is 0.128 e. The van der Waals surface area contributed by atoms with Gasteiger partial charge in [-0.15, -0.1) is 0 Å². The highest BCUT2D eigenvalue weighted by Crippen LogP contribution is 2.19. The van der Waals surface area contributed by atoms with E-state index in [1.165, 1.54) is 0 Å². The van der Waals surface area contributed by atoms with Gasteiger partial charge in [-0.05, 0) is 24.3 Å². The molecule has 0 bridgehead atoms. The topological polar surface area (TPSA) is 46.0 Å². The molecule has 1 aliphatic rings. The van der Waals surface area contributed by atoms with Crippen LogP contribution in [0.2, 0.25) is 0 Å². The number of anilines is 1. The fraction of sp³-hybridized carbons (Fsp3) is 0.250. The number of pyridine rings is 1. The van der Waals surface area contributed by atoms with Crippen molar-refractivity contribution in [1.82, 2.24) is 19.9 Å². The first-order valence-electron chi connectivity index (χ1n) is 7.26. The van der Waals surface area contributed by atoms with Crippen molar-refractivity contribution in [1.29, 1.82) is 0 Å². The summed E-state index contributed by atoms with van der Waals surface area (Å²) < 4.78 is 2.07. The third-order valence-electron chi connectivity index (χ3n) is 3.90. The van der Waals surface area contributed by atoms with Crippen LogP contribution in [-0.2, 0) is 0 Å². The summed E-state index contributed by atoms with van der Waals surface area (Å²) in [5, 5.41) is 3.36. The summed E-state index contributed by atoms with van der Waals surface area (Å²) in [5.41, 5.74) is 3.15. The van der Waals surface area contributed by atoms with Crippen molar-refractivity contribution in [3.63, 3.8) is 0 Å². The molecule has 0 spiro atoms. The Bertz CT molecular complexity index is 741. The molecular formula is C16H17N5. The van der Waals surface area contributed by atoms with Crippen LogP contribution in [-0.4, -0.2) is 40.7 Å². The van der Waals surface area contributed by atoms with Gasteiger partial charge < -0.3 is 10.2 Å². The number of nitrogens with one attached hydrogen (secondary N) is 1. The van der Waals surface area contributed by atoms with Crippen LogP contribution in [0.25, 0.3) is 16.7 Å². The van der Waals surface area contributed by atoms with Crippen LogP contribution in [0.1, 0.15) is 0 Å². The lowest BCUT2D eigenvalue weighted by molar-refractivity contribution is 0.585. The zero-order chi connectivity index (χ0) is 14.1. The van der Waals surface area contributed by atoms with Crippen LogP contribution < -0.4 is 10.2 Å². The number of hydrogen-bond acceptors (Lipinski definition) is 4. The van der Waals surface area contributed by atoms with E-state index in [4.69, 9.17) is 0 Å². The van der Waals surface area contributed by atoms with Crippen LogP contribution in [0, 0.1) is 0 Å². The highest BCUT2D eigenvalue weighted by atomic mass is 15.2. The third-order valence-corrected chi connectivity index (χ3v) is 3.90. The summed E-state index contributed by atoms with van der Waals surface area (Å²) >= 11 is 0. The smallest absolute Gasteiger partial charge is 0.128 e. The summed E-state index contributed by atoms with van der Waals surface area (Å²) in [7, 11) is 0. The standard InChI is InChI=1S/C16H17N5/c1-2-4-15-14(3-1)19-12-21(15)13-5-6-16(18-11-13)20-9-7-17-8-10-20/h1-6,11-12,17H,7-10H2. The summed E-state index contributed by atoms with van der Waals surface area (Å²) in [6, 6.07) is 12.3. The van der Waals surface area contributed by atoms with Crippen LogP contribution in [0.3, 0.4) is 0 Å². The highest BCUT2D eigenvalue weighted by molar-refractivity contribution is 5.77. The molecule has 4 rings (SSSR count). The maximum absolute atomic E-state index is 4.61. The van der Waals surface area contributed by atoms with E-state index < -0.39 is 0 Å². The molecule has 1 saturated heterocycles. The zero-order valence-electron chi connectivity index (χ0n) is 11.7. The molecule has 0 radical (unpaired) electrons. The van der Waals surface area contributed by atoms with E-state index in [0.717, 1.165) is 48.7 Å². The van der Waals surface area contributed by atoms with Crippen molar-refractivity contribution >= 4 is 16.9 Å². The lowest BCUT2D eigenvalue weighted by Gasteiger charge is -2.28. The lowest BCUT2D eigenvalue weighted by atomic mass is 10.3. The van der Waals surface area contributed by atoms with E-state index in [9.17, 15) is 0 Å². The summed E-state index contributed by atoms with van der Waals surface area (Å²) in [5.74, 6) is 1.05. The number of aromatic nitrogens is 3. The van der Waals surface area contributed by atoms with E-state index in [-0.39, 0.29) is 0 Å². The van der Waals surface area contributed by atoms with E-state index >= 15 is 0 Å². The van der Waals surface area contributed by atoms with Gasteiger partial charge in [0.2, 0.25) is 0 Å². The van der Waals surface area contributed by atoms with Gasteiger partial charge in [0.05, 0.1) is 22.9 Å². The first kappa shape index (κ1) is 12.3. The predicted molar refractivity (Wildman–Crippen MR) is 83.9 cm³/mol. The van der Waals surface area contributed by atoms with Gasteiger partial charge in [-0.2, -0.15) is 0 Å². The van der Waals surface area contributed by atoms with Crippen LogP contribution >= 0.6 is 0 Å². The minimum Gasteiger partial charge on any atom is -0.354 e. The number of rotatable bonds is 2. The van der Waals surface area contributed by atoms with Gasteiger partial charge >= 0.3 is 0 Å². The molecule has 0 amide bonds. The van der Waals surface area contributed by atoms with Crippen LogP contribution in [0.4, 0.5) is 5.82 Å². The molecule has 5 nitrogen and oxygen atoms in total. The van der Waals surface area contributed by atoms with Gasteiger partial charge in [-0.1, -0.05) is 12.1 Å². The van der Waals surface area contributed by atoms with Gasteiger partial charge in [0.25, 0.3) is 0 Å². The van der Waals surface area contributed by atoms with E-state index in [0.29, 0.717) is 0 Å². The Hall–Kier alpha value is -2.40. The molecule has 0 unspecified atom stereocenters. The van der Waals surface area contributed by atoms with Crippen molar-refractivity contribution in [3.05, 3.63) is 48.9 Å². The first-order chi connectivity index (χ1) is 10.4. The van der Waals surface area contributed by atoms with Gasteiger partial charge in [0.15, 0.2) is 0 Å². The Labute approximate surface area is 123 Å². The zero-order valence-corrected chi connectivity index (χ0v) is 11.7. The van der Waals surface area contributed by atoms with Gasteiger partial charge in [-0.25, -0.2) is 9.97 Å². The number of hydrogen-bond donors (Lipinski definition) is 1. The fourth-order valence-corrected chi connectivity index (χ4v) is 2.77. The number of para-hydroxylation sites is 2. The molecule has 3 aromatic rings. The van der Waals surface area contributed by atoms with Gasteiger partial charge in [0.1, 0.15) is 12.1 Å². The number of benzene rings is 1. The fourth-order valence-electron chi connectivity index (χ4n) is 2.77. The summed E-state index contributed by atoms with van der Waals surface area (Å²) in [6.07, 6.45) is 3.78. The normalized spacial score (nSPS) is 15.5. The second kappa shape index (κ2) is 5.18. The highest BCUT2D eigenvalue weighted by Gasteiger charge is 2.11. The van der Waals surface area contributed by atoms with E-state index in [1.807, 2.05) is 30.7 Å². The summed E-state index contributed by atoms with van der Waals surface area (Å²) in [6.45, 7) is 4.08. The van der Waals surface area contributed by atoms with Crippen molar-refractivity contribution in [2.24, 2.45) is 0 Å². The Morgan fingerprint density at radius 1 is 0.952 bits per heavy atom. The molecule has 0 saturated carbocycles. The minimum absolute atomic E-state index is 1.00. The monoisotopic (exact) mass is 279 g/mol. The average Bonchev–Trinajstić information content (AvgIpc) is 3.00. The average molecular weight is 279 g/mol. The van der Waals surface area contributed by atoms with E-state index in [1.54, 1.807) is 0 Å². The largest absolute Gasteiger partial charge is 0.354 e. The molecule has 0 atom stereocenters. The van der Waals surface area contributed by atoms with Crippen molar-refractivity contribution < 1.29 is 0 Å². The molecule has 5 heteroatoms. The molecule has 106 valence electrons. The summed E-state index contributed by atoms with van der Waals surface area (Å²) in [4.78, 5) is 11.4. The maximum atomic E-state index is 4.61. The lowest BCUT2D eigenvalue weighted by Crippen LogP contribution is -2.43. The van der Waals surface area contributed by atoms with Crippen molar-refractivity contribution in [3.8, 4) is 5.69 Å². The molecule has 2 aromatic heterocycles. The Kier molecular flexibility index (Phi) is 3.05. The molecule has 1 N–H and O–H groups in total. The number of fused-ring (bicyclic) bond motifs is 1. The molecule has 1 fully saturated rings. The van der Waals surface area contributed by atoms with Crippen molar-refractivity contribution in [2.45, 2.75) is 0 Å². The van der Waals surface area contributed by atoms with Gasteiger partial charge in [0, 0.05) is 26.2 Å². The molecule has 21 heavy (non-hydrogen) atoms. The van der Waals surface area contributed by atoms with E-state index in [2.05, 4.69) is 43.0 Å². The quantitative estimate of drug-likeness (QED) is 0.777. The van der Waals surface area contributed by atoms with Crippen molar-refractivity contribution in [2.75, 3.05) is 31.1 Å². The molecule has 1 aliphatic heterocycles. The van der Waals surface area contributed by atoms with Gasteiger partial charge in [-0.3, -0.25) is 4.57 Å². The number of nitrogens with zero attached hydrogens (tertiary/aromatic N) is 4. The minimum atomic E-state index is 1.00. The predicted octanol–water partition coefficient (Wildman–Crippen LogP) is 1.83. The second-order valence-corrected chi connectivity index (χ2v) is 5.21. The Morgan fingerprint density at radius 2 is 1.81 bits per heavy atom. The van der Waals surface area contributed by atoms with Crippen LogP contribution in [0.5, 0.6) is 0 Å². The Morgan fingerprint density at radius 3 is 2.62 bits per heavy atom.